The van der Waals surface area contributed by atoms with Crippen LogP contribution in [0.2, 0.25) is 0 Å². The molecule has 110 valence electrons. The zero-order valence-electron chi connectivity index (χ0n) is 12.4. The number of amides is 1. The first kappa shape index (κ1) is 14.8. The number of aromatic nitrogens is 1. The molecule has 0 radical (unpaired) electrons. The fourth-order valence-electron chi connectivity index (χ4n) is 2.67. The largest absolute Gasteiger partial charge is 0.373 e. The van der Waals surface area contributed by atoms with Crippen LogP contribution in [0.25, 0.3) is 0 Å². The van der Waals surface area contributed by atoms with Gasteiger partial charge in [0.1, 0.15) is 5.82 Å². The van der Waals surface area contributed by atoms with Crippen molar-refractivity contribution in [2.45, 2.75) is 26.3 Å². The van der Waals surface area contributed by atoms with E-state index in [1.807, 2.05) is 19.3 Å². The maximum absolute atomic E-state index is 10.9. The lowest BCUT2D eigenvalue weighted by molar-refractivity contribution is -0.119. The van der Waals surface area contributed by atoms with Gasteiger partial charge in [-0.05, 0) is 37.9 Å². The minimum atomic E-state index is 0.0708. The molecule has 1 aromatic rings. The highest BCUT2D eigenvalue weighted by Crippen LogP contribution is 2.20. The number of nitrogens with zero attached hydrogens (tertiary/aromatic N) is 2. The molecule has 1 saturated heterocycles. The summed E-state index contributed by atoms with van der Waals surface area (Å²) in [4.78, 5) is 17.7. The number of piperidine rings is 1. The Balaban J connectivity index is 1.81. The van der Waals surface area contributed by atoms with Crippen LogP contribution in [0.15, 0.2) is 18.3 Å². The molecular weight excluding hydrogens is 252 g/mol. The number of likely N-dealkylation sites (tertiary alicyclic amines) is 1. The molecule has 0 saturated carbocycles. The van der Waals surface area contributed by atoms with E-state index in [0.717, 1.165) is 44.8 Å². The van der Waals surface area contributed by atoms with Crippen molar-refractivity contribution >= 4 is 11.7 Å². The highest BCUT2D eigenvalue weighted by molar-refractivity contribution is 5.72. The van der Waals surface area contributed by atoms with Crippen LogP contribution in [0, 0.1) is 5.92 Å². The molecule has 0 aliphatic carbocycles. The lowest BCUT2D eigenvalue weighted by Crippen LogP contribution is -2.37. The van der Waals surface area contributed by atoms with Crippen molar-refractivity contribution in [1.82, 2.24) is 15.2 Å². The van der Waals surface area contributed by atoms with E-state index in [1.54, 1.807) is 6.92 Å². The van der Waals surface area contributed by atoms with Gasteiger partial charge in [0, 0.05) is 38.8 Å². The average Bonchev–Trinajstić information content (AvgIpc) is 2.47. The van der Waals surface area contributed by atoms with Crippen LogP contribution < -0.4 is 10.6 Å². The molecule has 1 aliphatic rings. The van der Waals surface area contributed by atoms with Gasteiger partial charge in [-0.2, -0.15) is 0 Å². The van der Waals surface area contributed by atoms with E-state index in [2.05, 4.69) is 26.6 Å². The third kappa shape index (κ3) is 4.20. The molecule has 5 heteroatoms. The highest BCUT2D eigenvalue weighted by atomic mass is 16.1. The summed E-state index contributed by atoms with van der Waals surface area (Å²) in [7, 11) is 1.91. The van der Waals surface area contributed by atoms with Gasteiger partial charge in [0.05, 0.1) is 0 Å². The first-order chi connectivity index (χ1) is 9.69. The van der Waals surface area contributed by atoms with Gasteiger partial charge in [-0.15, -0.1) is 0 Å². The van der Waals surface area contributed by atoms with Crippen LogP contribution in [0.5, 0.6) is 0 Å². The molecule has 0 bridgehead atoms. The number of hydrogen-bond donors (Lipinski definition) is 2. The lowest BCUT2D eigenvalue weighted by Gasteiger charge is -2.32. The van der Waals surface area contributed by atoms with Gasteiger partial charge in [-0.25, -0.2) is 4.98 Å². The molecule has 1 amide bonds. The topological polar surface area (TPSA) is 57.3 Å². The summed E-state index contributed by atoms with van der Waals surface area (Å²) in [5, 5.41) is 6.06. The molecule has 0 aromatic carbocycles. The number of anilines is 1. The molecular formula is C15H24N4O. The zero-order valence-corrected chi connectivity index (χ0v) is 12.4. The molecule has 5 nitrogen and oxygen atoms in total. The fourth-order valence-corrected chi connectivity index (χ4v) is 2.67. The van der Waals surface area contributed by atoms with E-state index in [-0.39, 0.29) is 5.91 Å². The third-order valence-corrected chi connectivity index (χ3v) is 3.87. The number of hydrogen-bond acceptors (Lipinski definition) is 4. The van der Waals surface area contributed by atoms with E-state index in [4.69, 9.17) is 0 Å². The quantitative estimate of drug-likeness (QED) is 0.855. The molecule has 1 aromatic heterocycles. The Morgan fingerprint density at radius 1 is 1.45 bits per heavy atom. The van der Waals surface area contributed by atoms with Crippen LogP contribution >= 0.6 is 0 Å². The Morgan fingerprint density at radius 2 is 2.20 bits per heavy atom. The second-order valence-electron chi connectivity index (χ2n) is 5.42. The number of carbonyl (C=O) groups is 1. The monoisotopic (exact) mass is 276 g/mol. The van der Waals surface area contributed by atoms with Crippen molar-refractivity contribution in [3.8, 4) is 0 Å². The molecule has 20 heavy (non-hydrogen) atoms. The minimum absolute atomic E-state index is 0.0708. The second kappa shape index (κ2) is 7.24. The van der Waals surface area contributed by atoms with Crippen molar-refractivity contribution < 1.29 is 4.79 Å². The van der Waals surface area contributed by atoms with E-state index < -0.39 is 0 Å². The number of rotatable bonds is 5. The van der Waals surface area contributed by atoms with E-state index in [1.165, 1.54) is 5.56 Å². The van der Waals surface area contributed by atoms with Gasteiger partial charge in [-0.1, -0.05) is 6.07 Å². The van der Waals surface area contributed by atoms with Crippen molar-refractivity contribution in [2.24, 2.45) is 5.92 Å². The number of pyridine rings is 1. The Labute approximate surface area is 120 Å². The van der Waals surface area contributed by atoms with Gasteiger partial charge in [0.2, 0.25) is 5.91 Å². The predicted molar refractivity (Wildman–Crippen MR) is 80.5 cm³/mol. The first-order valence-electron chi connectivity index (χ1n) is 7.27. The Bertz CT molecular complexity index is 441. The molecule has 1 fully saturated rings. The van der Waals surface area contributed by atoms with Crippen LogP contribution in [-0.4, -0.2) is 42.5 Å². The van der Waals surface area contributed by atoms with E-state index >= 15 is 0 Å². The number of nitrogens with one attached hydrogen (secondary N) is 2. The third-order valence-electron chi connectivity index (χ3n) is 3.87. The maximum Gasteiger partial charge on any atom is 0.216 e. The number of carbonyl (C=O) groups excluding carboxylic acids is 1. The predicted octanol–water partition coefficient (Wildman–Crippen LogP) is 1.47. The van der Waals surface area contributed by atoms with E-state index in [9.17, 15) is 4.79 Å². The van der Waals surface area contributed by atoms with Crippen LogP contribution in [-0.2, 0) is 11.3 Å². The Kier molecular flexibility index (Phi) is 5.35. The molecule has 2 N–H and O–H groups in total. The van der Waals surface area contributed by atoms with E-state index in [0.29, 0.717) is 5.92 Å². The van der Waals surface area contributed by atoms with Crippen molar-refractivity contribution in [3.63, 3.8) is 0 Å². The Hall–Kier alpha value is -1.62. The molecule has 0 atom stereocenters. The standard InChI is InChI=1S/C15H24N4O/c1-12(20)18-10-13-5-8-19(9-6-13)11-14-4-3-7-17-15(14)16-2/h3-4,7,13H,5-6,8-11H2,1-2H3,(H,16,17)(H,18,20). The fraction of sp³-hybridized carbons (Fsp3) is 0.600. The van der Waals surface area contributed by atoms with Crippen LogP contribution in [0.3, 0.4) is 0 Å². The average molecular weight is 276 g/mol. The van der Waals surface area contributed by atoms with Gasteiger partial charge < -0.3 is 10.6 Å². The summed E-state index contributed by atoms with van der Waals surface area (Å²) >= 11 is 0. The molecule has 2 heterocycles. The molecule has 1 aliphatic heterocycles. The summed E-state index contributed by atoms with van der Waals surface area (Å²) in [5.74, 6) is 1.65. The summed E-state index contributed by atoms with van der Waals surface area (Å²) < 4.78 is 0. The summed E-state index contributed by atoms with van der Waals surface area (Å²) in [6.07, 6.45) is 4.11. The minimum Gasteiger partial charge on any atom is -0.373 e. The van der Waals surface area contributed by atoms with Crippen molar-refractivity contribution in [3.05, 3.63) is 23.9 Å². The van der Waals surface area contributed by atoms with Gasteiger partial charge in [-0.3, -0.25) is 9.69 Å². The maximum atomic E-state index is 10.9. The molecule has 0 unspecified atom stereocenters. The smallest absolute Gasteiger partial charge is 0.216 e. The van der Waals surface area contributed by atoms with Crippen LogP contribution in [0.1, 0.15) is 25.3 Å². The molecule has 2 rings (SSSR count). The highest BCUT2D eigenvalue weighted by Gasteiger charge is 2.20. The van der Waals surface area contributed by atoms with Gasteiger partial charge in [0.25, 0.3) is 0 Å². The summed E-state index contributed by atoms with van der Waals surface area (Å²) in [6.45, 7) is 5.51. The van der Waals surface area contributed by atoms with Crippen molar-refractivity contribution in [1.29, 1.82) is 0 Å². The molecule has 0 spiro atoms. The normalized spacial score (nSPS) is 16.9. The van der Waals surface area contributed by atoms with Crippen molar-refractivity contribution in [2.75, 3.05) is 32.0 Å². The van der Waals surface area contributed by atoms with Crippen LogP contribution in [0.4, 0.5) is 5.82 Å². The Morgan fingerprint density at radius 3 is 2.85 bits per heavy atom. The first-order valence-corrected chi connectivity index (χ1v) is 7.27. The zero-order chi connectivity index (χ0) is 14.4. The van der Waals surface area contributed by atoms with Gasteiger partial charge >= 0.3 is 0 Å². The summed E-state index contributed by atoms with van der Waals surface area (Å²) in [5.41, 5.74) is 1.25. The SMILES string of the molecule is CNc1ncccc1CN1CCC(CNC(C)=O)CC1. The summed E-state index contributed by atoms with van der Waals surface area (Å²) in [6, 6.07) is 4.11. The second-order valence-corrected chi connectivity index (χ2v) is 5.42. The lowest BCUT2D eigenvalue weighted by atomic mass is 9.96. The van der Waals surface area contributed by atoms with Gasteiger partial charge in [0.15, 0.2) is 0 Å².